The monoisotopic (exact) mass is 498 g/mol. The van der Waals surface area contributed by atoms with Gasteiger partial charge < -0.3 is 14.2 Å². The van der Waals surface area contributed by atoms with Gasteiger partial charge in [0.05, 0.1) is 0 Å². The minimum Gasteiger partial charge on any atom is -0.489 e. The first-order valence-electron chi connectivity index (χ1n) is 12.1. The highest BCUT2D eigenvalue weighted by Gasteiger charge is 2.26. The Labute approximate surface area is 215 Å². The third-order valence-corrected chi connectivity index (χ3v) is 8.97. The first kappa shape index (κ1) is 24.0. The van der Waals surface area contributed by atoms with Gasteiger partial charge in [-0.15, -0.1) is 0 Å². The maximum absolute atomic E-state index is 12.0. The molecule has 184 valence electrons. The van der Waals surface area contributed by atoms with Gasteiger partial charge in [0.15, 0.2) is 0 Å². The first-order valence-corrected chi connectivity index (χ1v) is 13.5. The molecule has 4 aromatic rings. The van der Waals surface area contributed by atoms with Crippen LogP contribution >= 0.6 is 10.9 Å². The Morgan fingerprint density at radius 1 is 0.750 bits per heavy atom. The summed E-state index contributed by atoms with van der Waals surface area (Å²) in [6.45, 7) is 6.10. The molecule has 1 aliphatic heterocycles. The summed E-state index contributed by atoms with van der Waals surface area (Å²) in [5.41, 5.74) is 3.12. The number of hydrogen-bond donors (Lipinski definition) is 1. The number of benzene rings is 4. The van der Waals surface area contributed by atoms with E-state index in [2.05, 4.69) is 60.7 Å². The van der Waals surface area contributed by atoms with Crippen LogP contribution in [-0.2, 0) is 11.3 Å². The van der Waals surface area contributed by atoms with Crippen LogP contribution in [0.25, 0.3) is 11.1 Å². The Morgan fingerprint density at radius 3 is 1.89 bits per heavy atom. The summed E-state index contributed by atoms with van der Waals surface area (Å²) in [5, 5.41) is 0. The van der Waals surface area contributed by atoms with Gasteiger partial charge in [0.25, 0.3) is 0 Å². The number of carbonyl (C=O) groups is 1. The Balaban J connectivity index is 1.22. The molecule has 0 spiro atoms. The summed E-state index contributed by atoms with van der Waals surface area (Å²) < 4.78 is 16.6. The first-order chi connectivity index (χ1) is 17.4. The molecule has 4 nitrogen and oxygen atoms in total. The molecule has 0 atom stereocenters. The fourth-order valence-electron chi connectivity index (χ4n) is 4.13. The van der Waals surface area contributed by atoms with Crippen molar-refractivity contribution in [1.82, 2.24) is 0 Å². The number of thiol groups is 1. The van der Waals surface area contributed by atoms with E-state index in [0.29, 0.717) is 18.8 Å². The van der Waals surface area contributed by atoms with Crippen molar-refractivity contribution < 1.29 is 19.0 Å². The van der Waals surface area contributed by atoms with E-state index >= 15 is 0 Å². The summed E-state index contributed by atoms with van der Waals surface area (Å²) in [6, 6.07) is 33.2. The lowest BCUT2D eigenvalue weighted by Gasteiger charge is -2.22. The molecule has 5 rings (SSSR count). The smallest absolute Gasteiger partial charge is 0.489 e. The van der Waals surface area contributed by atoms with E-state index in [-0.39, 0.29) is 0 Å². The lowest BCUT2D eigenvalue weighted by Crippen LogP contribution is -2.28. The van der Waals surface area contributed by atoms with Crippen LogP contribution in [0.2, 0.25) is 0 Å². The van der Waals surface area contributed by atoms with Crippen LogP contribution in [0.4, 0.5) is 4.79 Å². The number of carbonyl (C=O) groups excluding carboxylic acids is 1. The van der Waals surface area contributed by atoms with Crippen LogP contribution in [-0.4, -0.2) is 11.8 Å². The minimum absolute atomic E-state index is 0.424. The Morgan fingerprint density at radius 2 is 1.31 bits per heavy atom. The van der Waals surface area contributed by atoms with E-state index in [1.165, 1.54) is 25.8 Å². The van der Waals surface area contributed by atoms with Crippen LogP contribution in [0.1, 0.15) is 32.8 Å². The zero-order valence-electron chi connectivity index (χ0n) is 20.7. The topological polar surface area (TPSA) is 44.8 Å². The van der Waals surface area contributed by atoms with Crippen molar-refractivity contribution in [3.8, 4) is 22.6 Å². The predicted molar refractivity (Wildman–Crippen MR) is 144 cm³/mol. The summed E-state index contributed by atoms with van der Waals surface area (Å²) in [7, 11) is -0.566. The molecule has 1 aliphatic rings. The van der Waals surface area contributed by atoms with Gasteiger partial charge in [0.2, 0.25) is 0 Å². The van der Waals surface area contributed by atoms with Gasteiger partial charge in [-0.1, -0.05) is 55.5 Å². The molecule has 0 bridgehead atoms. The molecular formula is C31H30O4S. The highest BCUT2D eigenvalue weighted by atomic mass is 32.2. The second kappa shape index (κ2) is 10.1. The standard InChI is InChI=1S/C31H30O4S/c1-4-31(2,3)35-30(32)34-24-15-13-22(14-16-24)21-33-23-17-19-25(20-18-23)36-28-11-7-5-9-26(28)27-10-6-8-12-29(27)36/h5-20,36H,4,21H2,1-3H3. The molecule has 0 amide bonds. The van der Waals surface area contributed by atoms with E-state index in [9.17, 15) is 4.79 Å². The van der Waals surface area contributed by atoms with Gasteiger partial charge in [-0.05, 0) is 90.4 Å². The molecule has 36 heavy (non-hydrogen) atoms. The number of hydrogen-bond acceptors (Lipinski definition) is 4. The number of ether oxygens (including phenoxy) is 3. The summed E-state index contributed by atoms with van der Waals surface area (Å²) in [4.78, 5) is 16.1. The van der Waals surface area contributed by atoms with Crippen molar-refractivity contribution >= 4 is 17.1 Å². The average Bonchev–Trinajstić information content (AvgIpc) is 3.23. The third-order valence-electron chi connectivity index (χ3n) is 6.42. The van der Waals surface area contributed by atoms with E-state index in [4.69, 9.17) is 14.2 Å². The van der Waals surface area contributed by atoms with Crippen molar-refractivity contribution in [2.45, 2.75) is 54.1 Å². The second-order valence-electron chi connectivity index (χ2n) is 9.36. The summed E-state index contributed by atoms with van der Waals surface area (Å²) >= 11 is 0. The average molecular weight is 499 g/mol. The SMILES string of the molecule is CCC(C)(C)OC(=O)Oc1ccc(COc2ccc([SH]3c4ccccc4-c4ccccc43)cc2)cc1. The highest BCUT2D eigenvalue weighted by molar-refractivity contribution is 8.17. The maximum Gasteiger partial charge on any atom is 0.514 e. The fourth-order valence-corrected chi connectivity index (χ4v) is 6.73. The van der Waals surface area contributed by atoms with Gasteiger partial charge in [0, 0.05) is 9.79 Å². The fraction of sp³-hybridized carbons (Fsp3) is 0.194. The zero-order valence-corrected chi connectivity index (χ0v) is 21.6. The van der Waals surface area contributed by atoms with Crippen molar-refractivity contribution in [2.24, 2.45) is 0 Å². The van der Waals surface area contributed by atoms with E-state index < -0.39 is 22.7 Å². The van der Waals surface area contributed by atoms with Gasteiger partial charge in [0.1, 0.15) is 23.7 Å². The van der Waals surface area contributed by atoms with Gasteiger partial charge in [-0.25, -0.2) is 4.79 Å². The summed E-state index contributed by atoms with van der Waals surface area (Å²) in [6.07, 6.45) is 0.0156. The Hall–Kier alpha value is -3.70. The second-order valence-corrected chi connectivity index (χ2v) is 11.5. The summed E-state index contributed by atoms with van der Waals surface area (Å²) in [5.74, 6) is 1.26. The van der Waals surface area contributed by atoms with E-state index in [1.54, 1.807) is 12.1 Å². The van der Waals surface area contributed by atoms with Gasteiger partial charge >= 0.3 is 6.16 Å². The molecule has 1 heterocycles. The Bertz CT molecular complexity index is 1310. The molecule has 0 aromatic heterocycles. The van der Waals surface area contributed by atoms with Crippen molar-refractivity contribution in [2.75, 3.05) is 0 Å². The number of fused-ring (bicyclic) bond motifs is 3. The van der Waals surface area contributed by atoms with Crippen molar-refractivity contribution in [3.63, 3.8) is 0 Å². The lowest BCUT2D eigenvalue weighted by atomic mass is 10.1. The van der Waals surface area contributed by atoms with Crippen LogP contribution in [0.15, 0.2) is 112 Å². The molecule has 0 fully saturated rings. The Kier molecular flexibility index (Phi) is 6.75. The molecule has 4 aromatic carbocycles. The quantitative estimate of drug-likeness (QED) is 0.139. The maximum atomic E-state index is 12.0. The molecular weight excluding hydrogens is 468 g/mol. The van der Waals surface area contributed by atoms with Crippen molar-refractivity contribution in [3.05, 3.63) is 103 Å². The van der Waals surface area contributed by atoms with Gasteiger partial charge in [-0.3, -0.25) is 0 Å². The molecule has 0 saturated carbocycles. The number of rotatable bonds is 7. The molecule has 0 saturated heterocycles. The van der Waals surface area contributed by atoms with Crippen molar-refractivity contribution in [1.29, 1.82) is 0 Å². The molecule has 0 unspecified atom stereocenters. The zero-order chi connectivity index (χ0) is 25.1. The molecule has 5 heteroatoms. The van der Waals surface area contributed by atoms with E-state index in [0.717, 1.165) is 11.3 Å². The molecule has 0 aliphatic carbocycles. The molecule has 0 N–H and O–H groups in total. The van der Waals surface area contributed by atoms with E-state index in [1.807, 2.05) is 45.0 Å². The largest absolute Gasteiger partial charge is 0.514 e. The third kappa shape index (κ3) is 5.12. The van der Waals surface area contributed by atoms with Gasteiger partial charge in [-0.2, -0.15) is 10.9 Å². The van der Waals surface area contributed by atoms with Crippen LogP contribution in [0, 0.1) is 0 Å². The predicted octanol–water partition coefficient (Wildman–Crippen LogP) is 8.43. The lowest BCUT2D eigenvalue weighted by molar-refractivity contribution is 0.00706. The van der Waals surface area contributed by atoms with Crippen LogP contribution in [0.5, 0.6) is 11.5 Å². The molecule has 0 radical (unpaired) electrons. The highest BCUT2D eigenvalue weighted by Crippen LogP contribution is 2.62. The minimum atomic E-state index is -0.694. The van der Waals surface area contributed by atoms with Crippen LogP contribution in [0.3, 0.4) is 0 Å². The van der Waals surface area contributed by atoms with Crippen LogP contribution < -0.4 is 9.47 Å². The normalized spacial score (nSPS) is 13.0.